The summed E-state index contributed by atoms with van der Waals surface area (Å²) in [6.07, 6.45) is -0.726. The van der Waals surface area contributed by atoms with E-state index in [0.717, 1.165) is 11.4 Å². The second-order valence-electron chi connectivity index (χ2n) is 5.53. The Morgan fingerprint density at radius 2 is 1.96 bits per heavy atom. The van der Waals surface area contributed by atoms with Crippen LogP contribution >= 0.6 is 11.6 Å². The summed E-state index contributed by atoms with van der Waals surface area (Å²) in [5, 5.41) is 26.5. The highest BCUT2D eigenvalue weighted by atomic mass is 35.5. The van der Waals surface area contributed by atoms with E-state index >= 15 is 0 Å². The summed E-state index contributed by atoms with van der Waals surface area (Å²) in [5.74, 6) is 1.23. The minimum absolute atomic E-state index is 0.289. The van der Waals surface area contributed by atoms with Crippen molar-refractivity contribution in [3.8, 4) is 5.82 Å². The fourth-order valence-electron chi connectivity index (χ4n) is 2.45. The average Bonchev–Trinajstić information content (AvgIpc) is 2.92. The van der Waals surface area contributed by atoms with Gasteiger partial charge in [-0.15, -0.1) is 10.2 Å². The highest BCUT2D eigenvalue weighted by Crippen LogP contribution is 2.22. The Balaban J connectivity index is 1.66. The van der Waals surface area contributed by atoms with Crippen molar-refractivity contribution in [2.75, 3.05) is 11.9 Å². The predicted molar refractivity (Wildman–Crippen MR) is 93.5 cm³/mol. The van der Waals surface area contributed by atoms with Gasteiger partial charge < -0.3 is 10.4 Å². The van der Waals surface area contributed by atoms with Crippen LogP contribution in [0.15, 0.2) is 42.5 Å². The third kappa shape index (κ3) is 3.55. The average molecular weight is 344 g/mol. The number of nitrogens with one attached hydrogen (secondary N) is 1. The van der Waals surface area contributed by atoms with Gasteiger partial charge in [0.1, 0.15) is 5.82 Å². The number of nitrogens with zero attached hydrogens (tertiary/aromatic N) is 4. The van der Waals surface area contributed by atoms with E-state index in [0.29, 0.717) is 22.2 Å². The molecule has 0 aliphatic carbocycles. The molecule has 0 spiro atoms. The Kier molecular flexibility index (Phi) is 4.78. The topological polar surface area (TPSA) is 75.9 Å². The zero-order chi connectivity index (χ0) is 17.1. The fourth-order valence-corrected chi connectivity index (χ4v) is 2.71. The number of hydrogen-bond donors (Lipinski definition) is 2. The lowest BCUT2D eigenvalue weighted by Gasteiger charge is -2.13. The van der Waals surface area contributed by atoms with Gasteiger partial charge in [-0.1, -0.05) is 29.8 Å². The van der Waals surface area contributed by atoms with Gasteiger partial charge in [0, 0.05) is 22.8 Å². The van der Waals surface area contributed by atoms with Crippen LogP contribution in [-0.4, -0.2) is 31.6 Å². The second-order valence-corrected chi connectivity index (χ2v) is 5.94. The Morgan fingerprint density at radius 3 is 2.58 bits per heavy atom. The number of aliphatic hydroxyl groups excluding tert-OH is 1. The minimum Gasteiger partial charge on any atom is -0.387 e. The van der Waals surface area contributed by atoms with Crippen LogP contribution in [0.2, 0.25) is 5.02 Å². The molecule has 1 atom stereocenters. The quantitative estimate of drug-likeness (QED) is 0.744. The summed E-state index contributed by atoms with van der Waals surface area (Å²) in [7, 11) is 0. The van der Waals surface area contributed by atoms with Gasteiger partial charge in [-0.3, -0.25) is 0 Å². The molecule has 0 fully saturated rings. The first-order chi connectivity index (χ1) is 11.5. The summed E-state index contributed by atoms with van der Waals surface area (Å²) in [6.45, 7) is 4.19. The van der Waals surface area contributed by atoms with E-state index in [1.54, 1.807) is 22.9 Å². The Labute approximate surface area is 145 Å². The molecule has 0 amide bonds. The largest absolute Gasteiger partial charge is 0.387 e. The molecular weight excluding hydrogens is 326 g/mol. The van der Waals surface area contributed by atoms with E-state index in [4.69, 9.17) is 11.6 Å². The maximum absolute atomic E-state index is 10.2. The van der Waals surface area contributed by atoms with Crippen molar-refractivity contribution >= 4 is 17.4 Å². The van der Waals surface area contributed by atoms with E-state index in [1.165, 1.54) is 0 Å². The highest BCUT2D eigenvalue weighted by Gasteiger charge is 2.11. The first-order valence-corrected chi connectivity index (χ1v) is 7.96. The lowest BCUT2D eigenvalue weighted by Crippen LogP contribution is -2.14. The van der Waals surface area contributed by atoms with Gasteiger partial charge in [0.05, 0.1) is 11.8 Å². The maximum Gasteiger partial charge on any atom is 0.176 e. The van der Waals surface area contributed by atoms with Crippen LogP contribution < -0.4 is 5.32 Å². The standard InChI is InChI=1S/C17H18ClN5O/c1-11-9-12(2)23(22-11)17-8-7-16(20-21-17)19-10-15(24)13-5-3-4-6-14(13)18/h3-9,15,24H,10H2,1-2H3,(H,19,20). The molecule has 0 aliphatic heterocycles. The Morgan fingerprint density at radius 1 is 1.17 bits per heavy atom. The van der Waals surface area contributed by atoms with E-state index in [1.807, 2.05) is 38.1 Å². The van der Waals surface area contributed by atoms with Crippen LogP contribution in [0, 0.1) is 13.8 Å². The van der Waals surface area contributed by atoms with Gasteiger partial charge in [-0.05, 0) is 38.1 Å². The molecule has 0 saturated heterocycles. The Bertz CT molecular complexity index is 831. The molecule has 2 N–H and O–H groups in total. The third-order valence-electron chi connectivity index (χ3n) is 3.62. The number of aromatic nitrogens is 4. The Hall–Kier alpha value is -2.44. The molecular formula is C17H18ClN5O. The van der Waals surface area contributed by atoms with E-state index < -0.39 is 6.10 Å². The second kappa shape index (κ2) is 6.98. The molecule has 0 bridgehead atoms. The summed E-state index contributed by atoms with van der Waals surface area (Å²) in [5.41, 5.74) is 2.61. The third-order valence-corrected chi connectivity index (χ3v) is 3.96. The van der Waals surface area contributed by atoms with Crippen molar-refractivity contribution in [3.63, 3.8) is 0 Å². The maximum atomic E-state index is 10.2. The molecule has 1 unspecified atom stereocenters. The van der Waals surface area contributed by atoms with Crippen molar-refractivity contribution in [2.45, 2.75) is 20.0 Å². The first-order valence-electron chi connectivity index (χ1n) is 7.58. The molecule has 0 saturated carbocycles. The molecule has 124 valence electrons. The minimum atomic E-state index is -0.726. The van der Waals surface area contributed by atoms with Crippen molar-refractivity contribution in [1.29, 1.82) is 0 Å². The number of benzene rings is 1. The molecule has 0 radical (unpaired) electrons. The molecule has 3 rings (SSSR count). The molecule has 0 aliphatic rings. The number of aliphatic hydroxyl groups is 1. The molecule has 3 aromatic rings. The lowest BCUT2D eigenvalue weighted by atomic mass is 10.1. The van der Waals surface area contributed by atoms with E-state index in [9.17, 15) is 5.11 Å². The number of anilines is 1. The molecule has 2 heterocycles. The summed E-state index contributed by atoms with van der Waals surface area (Å²) >= 11 is 6.08. The predicted octanol–water partition coefficient (Wildman–Crippen LogP) is 3.08. The smallest absolute Gasteiger partial charge is 0.176 e. The van der Waals surface area contributed by atoms with Crippen LogP contribution in [0.25, 0.3) is 5.82 Å². The first kappa shape index (κ1) is 16.4. The molecule has 24 heavy (non-hydrogen) atoms. The fraction of sp³-hybridized carbons (Fsp3) is 0.235. The van der Waals surface area contributed by atoms with Crippen LogP contribution in [0.1, 0.15) is 23.1 Å². The van der Waals surface area contributed by atoms with Crippen LogP contribution in [-0.2, 0) is 0 Å². The van der Waals surface area contributed by atoms with Crippen molar-refractivity contribution in [3.05, 3.63) is 64.4 Å². The van der Waals surface area contributed by atoms with Crippen molar-refractivity contribution in [1.82, 2.24) is 20.0 Å². The van der Waals surface area contributed by atoms with E-state index in [2.05, 4.69) is 20.6 Å². The van der Waals surface area contributed by atoms with Gasteiger partial charge in [0.15, 0.2) is 5.82 Å². The van der Waals surface area contributed by atoms with Crippen LogP contribution in [0.4, 0.5) is 5.82 Å². The molecule has 6 nitrogen and oxygen atoms in total. The molecule has 1 aromatic carbocycles. The normalized spacial score (nSPS) is 12.2. The summed E-state index contributed by atoms with van der Waals surface area (Å²) < 4.78 is 1.74. The van der Waals surface area contributed by atoms with Gasteiger partial charge in [0.25, 0.3) is 0 Å². The number of halogens is 1. The monoisotopic (exact) mass is 343 g/mol. The number of rotatable bonds is 5. The SMILES string of the molecule is Cc1cc(C)n(-c2ccc(NCC(O)c3ccccc3Cl)nn2)n1. The molecule has 2 aromatic heterocycles. The van der Waals surface area contributed by atoms with Gasteiger partial charge >= 0.3 is 0 Å². The van der Waals surface area contributed by atoms with Crippen molar-refractivity contribution in [2.24, 2.45) is 0 Å². The number of hydrogen-bond acceptors (Lipinski definition) is 5. The molecule has 7 heteroatoms. The van der Waals surface area contributed by atoms with Gasteiger partial charge in [-0.25, -0.2) is 4.68 Å². The van der Waals surface area contributed by atoms with E-state index in [-0.39, 0.29) is 6.54 Å². The lowest BCUT2D eigenvalue weighted by molar-refractivity contribution is 0.191. The zero-order valence-electron chi connectivity index (χ0n) is 13.4. The van der Waals surface area contributed by atoms with Crippen molar-refractivity contribution < 1.29 is 5.11 Å². The highest BCUT2D eigenvalue weighted by molar-refractivity contribution is 6.31. The summed E-state index contributed by atoms with van der Waals surface area (Å²) in [6, 6.07) is 12.8. The van der Waals surface area contributed by atoms with Gasteiger partial charge in [0.2, 0.25) is 0 Å². The number of aryl methyl sites for hydroxylation is 2. The van der Waals surface area contributed by atoms with Crippen LogP contribution in [0.5, 0.6) is 0 Å². The zero-order valence-corrected chi connectivity index (χ0v) is 14.2. The summed E-state index contributed by atoms with van der Waals surface area (Å²) in [4.78, 5) is 0. The van der Waals surface area contributed by atoms with Gasteiger partial charge in [-0.2, -0.15) is 5.10 Å². The van der Waals surface area contributed by atoms with Crippen LogP contribution in [0.3, 0.4) is 0 Å².